The lowest BCUT2D eigenvalue weighted by Crippen LogP contribution is -1.83. The van der Waals surface area contributed by atoms with Crippen LogP contribution >= 0.6 is 11.3 Å². The van der Waals surface area contributed by atoms with Crippen LogP contribution in [0.1, 0.15) is 15.2 Å². The van der Waals surface area contributed by atoms with E-state index in [1.54, 1.807) is 12.3 Å². The van der Waals surface area contributed by atoms with E-state index in [2.05, 4.69) is 0 Å². The first-order chi connectivity index (χ1) is 5.15. The van der Waals surface area contributed by atoms with Gasteiger partial charge in [-0.3, -0.25) is 9.00 Å². The number of aldehydes is 1. The van der Waals surface area contributed by atoms with Crippen molar-refractivity contribution in [3.8, 4) is 0 Å². The highest BCUT2D eigenvalue weighted by atomic mass is 32.2. The molecule has 0 aliphatic carbocycles. The molecule has 1 heterocycles. The maximum Gasteiger partial charge on any atom is 0.160 e. The van der Waals surface area contributed by atoms with Crippen molar-refractivity contribution in [2.75, 3.05) is 6.26 Å². The van der Waals surface area contributed by atoms with Gasteiger partial charge in [0, 0.05) is 6.26 Å². The van der Waals surface area contributed by atoms with E-state index in [1.807, 2.05) is 6.92 Å². The maximum atomic E-state index is 11.0. The van der Waals surface area contributed by atoms with Crippen LogP contribution in [0, 0.1) is 6.92 Å². The third-order valence-corrected chi connectivity index (χ3v) is 4.02. The minimum absolute atomic E-state index is 0.646. The number of thiophene rings is 1. The molecule has 0 aromatic carbocycles. The third-order valence-electron chi connectivity index (χ3n) is 1.27. The van der Waals surface area contributed by atoms with Crippen molar-refractivity contribution in [2.45, 2.75) is 11.1 Å². The SMILES string of the molecule is Cc1cc(C=O)sc1S(C)=O. The van der Waals surface area contributed by atoms with Crippen LogP contribution in [0.2, 0.25) is 0 Å². The summed E-state index contributed by atoms with van der Waals surface area (Å²) in [6, 6.07) is 1.76. The molecule has 1 unspecified atom stereocenters. The van der Waals surface area contributed by atoms with Crippen LogP contribution in [-0.2, 0) is 10.8 Å². The van der Waals surface area contributed by atoms with Crippen molar-refractivity contribution in [1.29, 1.82) is 0 Å². The fourth-order valence-electron chi connectivity index (χ4n) is 0.833. The zero-order valence-corrected chi connectivity index (χ0v) is 7.92. The molecule has 1 aromatic rings. The molecule has 0 fully saturated rings. The van der Waals surface area contributed by atoms with Gasteiger partial charge in [0.2, 0.25) is 0 Å². The Balaban J connectivity index is 3.16. The number of carbonyl (C=O) groups excluding carboxylic acids is 1. The van der Waals surface area contributed by atoms with Gasteiger partial charge in [-0.15, -0.1) is 11.3 Å². The van der Waals surface area contributed by atoms with E-state index in [-0.39, 0.29) is 0 Å². The quantitative estimate of drug-likeness (QED) is 0.661. The predicted molar refractivity (Wildman–Crippen MR) is 46.8 cm³/mol. The number of hydrogen-bond donors (Lipinski definition) is 0. The predicted octanol–water partition coefficient (Wildman–Crippen LogP) is 1.61. The Morgan fingerprint density at radius 1 is 1.64 bits per heavy atom. The lowest BCUT2D eigenvalue weighted by atomic mass is 10.3. The highest BCUT2D eigenvalue weighted by Gasteiger charge is 2.07. The summed E-state index contributed by atoms with van der Waals surface area (Å²) in [5, 5.41) is 0. The monoisotopic (exact) mass is 188 g/mol. The van der Waals surface area contributed by atoms with Crippen molar-refractivity contribution in [3.05, 3.63) is 16.5 Å². The molecular formula is C7H8O2S2. The van der Waals surface area contributed by atoms with E-state index >= 15 is 0 Å². The zero-order valence-electron chi connectivity index (χ0n) is 6.29. The first kappa shape index (κ1) is 8.62. The summed E-state index contributed by atoms with van der Waals surface area (Å²) in [6.45, 7) is 1.86. The lowest BCUT2D eigenvalue weighted by Gasteiger charge is -1.88. The third kappa shape index (κ3) is 1.75. The van der Waals surface area contributed by atoms with Gasteiger partial charge in [-0.05, 0) is 18.6 Å². The first-order valence-corrected chi connectivity index (χ1v) is 5.41. The van der Waals surface area contributed by atoms with E-state index in [0.29, 0.717) is 4.88 Å². The second kappa shape index (κ2) is 3.28. The van der Waals surface area contributed by atoms with Gasteiger partial charge in [-0.2, -0.15) is 0 Å². The van der Waals surface area contributed by atoms with Crippen molar-refractivity contribution < 1.29 is 9.00 Å². The molecule has 0 aliphatic rings. The Kier molecular flexibility index (Phi) is 2.57. The molecule has 0 amide bonds. The molecule has 0 aliphatic heterocycles. The van der Waals surface area contributed by atoms with Crippen LogP contribution in [0.25, 0.3) is 0 Å². The lowest BCUT2D eigenvalue weighted by molar-refractivity contribution is 0.112. The molecule has 1 rings (SSSR count). The van der Waals surface area contributed by atoms with E-state index < -0.39 is 10.8 Å². The molecule has 2 nitrogen and oxygen atoms in total. The summed E-state index contributed by atoms with van der Waals surface area (Å²) >= 11 is 1.30. The van der Waals surface area contributed by atoms with E-state index in [1.165, 1.54) is 11.3 Å². The normalized spacial score (nSPS) is 12.9. The number of hydrogen-bond acceptors (Lipinski definition) is 3. The summed E-state index contributed by atoms with van der Waals surface area (Å²) < 4.78 is 11.8. The van der Waals surface area contributed by atoms with Crippen molar-refractivity contribution in [2.24, 2.45) is 0 Å². The van der Waals surface area contributed by atoms with E-state index in [9.17, 15) is 9.00 Å². The molecule has 0 N–H and O–H groups in total. The molecule has 0 radical (unpaired) electrons. The van der Waals surface area contributed by atoms with Gasteiger partial charge < -0.3 is 0 Å². The van der Waals surface area contributed by atoms with Gasteiger partial charge in [0.05, 0.1) is 19.9 Å². The number of aryl methyl sites for hydroxylation is 1. The minimum Gasteiger partial charge on any atom is -0.297 e. The summed E-state index contributed by atoms with van der Waals surface area (Å²) in [5.41, 5.74) is 0.943. The first-order valence-electron chi connectivity index (χ1n) is 3.04. The molecule has 11 heavy (non-hydrogen) atoms. The van der Waals surface area contributed by atoms with Gasteiger partial charge in [-0.1, -0.05) is 0 Å². The van der Waals surface area contributed by atoms with Crippen LogP contribution in [0.3, 0.4) is 0 Å². The van der Waals surface area contributed by atoms with E-state index in [0.717, 1.165) is 16.1 Å². The second-order valence-electron chi connectivity index (χ2n) is 2.19. The summed E-state index contributed by atoms with van der Waals surface area (Å²) in [4.78, 5) is 11.0. The smallest absolute Gasteiger partial charge is 0.160 e. The molecule has 0 bridgehead atoms. The van der Waals surface area contributed by atoms with Crippen LogP contribution in [0.15, 0.2) is 10.3 Å². The van der Waals surface area contributed by atoms with Gasteiger partial charge in [0.1, 0.15) is 0 Å². The molecular weight excluding hydrogens is 180 g/mol. The maximum absolute atomic E-state index is 11.0. The topological polar surface area (TPSA) is 34.1 Å². The van der Waals surface area contributed by atoms with Crippen LogP contribution < -0.4 is 0 Å². The van der Waals surface area contributed by atoms with Crippen LogP contribution in [0.5, 0.6) is 0 Å². The summed E-state index contributed by atoms with van der Waals surface area (Å²) in [5.74, 6) is 0. The second-order valence-corrected chi connectivity index (χ2v) is 4.85. The molecule has 1 aromatic heterocycles. The van der Waals surface area contributed by atoms with Crippen LogP contribution in [-0.4, -0.2) is 16.8 Å². The fourth-order valence-corrected chi connectivity index (χ4v) is 2.82. The standard InChI is InChI=1S/C7H8O2S2/c1-5-3-6(4-8)10-7(5)11(2)9/h3-4H,1-2H3. The van der Waals surface area contributed by atoms with Gasteiger partial charge in [-0.25, -0.2) is 0 Å². The average molecular weight is 188 g/mol. The Morgan fingerprint density at radius 2 is 2.27 bits per heavy atom. The Hall–Kier alpha value is -0.480. The molecule has 60 valence electrons. The van der Waals surface area contributed by atoms with Crippen molar-refractivity contribution in [1.82, 2.24) is 0 Å². The molecule has 4 heteroatoms. The van der Waals surface area contributed by atoms with Gasteiger partial charge >= 0.3 is 0 Å². The molecule has 0 saturated carbocycles. The highest BCUT2D eigenvalue weighted by molar-refractivity contribution is 7.86. The highest BCUT2D eigenvalue weighted by Crippen LogP contribution is 2.22. The number of rotatable bonds is 2. The Morgan fingerprint density at radius 3 is 2.55 bits per heavy atom. The summed E-state index contributed by atoms with van der Waals surface area (Å²) in [6.07, 6.45) is 2.40. The van der Waals surface area contributed by atoms with E-state index in [4.69, 9.17) is 0 Å². The van der Waals surface area contributed by atoms with Gasteiger partial charge in [0.15, 0.2) is 6.29 Å². The Labute approximate surface area is 71.7 Å². The minimum atomic E-state index is -0.962. The van der Waals surface area contributed by atoms with Gasteiger partial charge in [0.25, 0.3) is 0 Å². The largest absolute Gasteiger partial charge is 0.297 e. The molecule has 0 saturated heterocycles. The molecule has 0 spiro atoms. The fraction of sp³-hybridized carbons (Fsp3) is 0.286. The zero-order chi connectivity index (χ0) is 8.43. The average Bonchev–Trinajstić information content (AvgIpc) is 2.30. The molecule has 1 atom stereocenters. The van der Waals surface area contributed by atoms with Crippen molar-refractivity contribution >= 4 is 28.4 Å². The van der Waals surface area contributed by atoms with Crippen molar-refractivity contribution in [3.63, 3.8) is 0 Å². The Bertz CT molecular complexity index is 301. The number of carbonyl (C=O) groups is 1. The van der Waals surface area contributed by atoms with Crippen LogP contribution in [0.4, 0.5) is 0 Å². The summed E-state index contributed by atoms with van der Waals surface area (Å²) in [7, 11) is -0.962.